The fourth-order valence-corrected chi connectivity index (χ4v) is 3.19. The van der Waals surface area contributed by atoms with Crippen LogP contribution in [0.5, 0.6) is 11.5 Å². The molecule has 0 aliphatic carbocycles. The third kappa shape index (κ3) is 5.34. The maximum absolute atomic E-state index is 12.3. The van der Waals surface area contributed by atoms with Gasteiger partial charge in [-0.3, -0.25) is 4.79 Å². The smallest absolute Gasteiger partial charge is 0.353 e. The SMILES string of the molecule is COc1cc(C=C(C#N)C(=O)NCc2ccccc2)ccc1OC(=O)c1cccs1. The quantitative estimate of drug-likeness (QED) is 0.269. The predicted molar refractivity (Wildman–Crippen MR) is 114 cm³/mol. The van der Waals surface area contributed by atoms with Crippen molar-refractivity contribution in [3.8, 4) is 17.6 Å². The molecule has 0 aliphatic rings. The van der Waals surface area contributed by atoms with Crippen LogP contribution in [0.2, 0.25) is 0 Å². The molecule has 1 N–H and O–H groups in total. The van der Waals surface area contributed by atoms with Gasteiger partial charge in [-0.2, -0.15) is 5.26 Å². The average Bonchev–Trinajstić information content (AvgIpc) is 3.32. The van der Waals surface area contributed by atoms with Gasteiger partial charge >= 0.3 is 5.97 Å². The first-order valence-electron chi connectivity index (χ1n) is 8.98. The fraction of sp³-hybridized carbons (Fsp3) is 0.0870. The van der Waals surface area contributed by atoms with Crippen molar-refractivity contribution in [2.75, 3.05) is 7.11 Å². The summed E-state index contributed by atoms with van der Waals surface area (Å²) in [5, 5.41) is 13.9. The van der Waals surface area contributed by atoms with Crippen molar-refractivity contribution in [3.05, 3.63) is 87.6 Å². The molecule has 150 valence electrons. The van der Waals surface area contributed by atoms with Crippen molar-refractivity contribution >= 4 is 29.3 Å². The van der Waals surface area contributed by atoms with Crippen LogP contribution >= 0.6 is 11.3 Å². The van der Waals surface area contributed by atoms with E-state index in [0.29, 0.717) is 22.7 Å². The van der Waals surface area contributed by atoms with Crippen LogP contribution in [0.4, 0.5) is 0 Å². The predicted octanol–water partition coefficient (Wildman–Crippen LogP) is 4.20. The number of nitrogens with one attached hydrogen (secondary N) is 1. The van der Waals surface area contributed by atoms with E-state index in [1.807, 2.05) is 36.4 Å². The number of ether oxygens (including phenoxy) is 2. The Morgan fingerprint density at radius 3 is 2.57 bits per heavy atom. The summed E-state index contributed by atoms with van der Waals surface area (Å²) in [5.74, 6) is -0.395. The van der Waals surface area contributed by atoms with Crippen LogP contribution in [0.25, 0.3) is 6.08 Å². The number of nitrogens with zero attached hydrogens (tertiary/aromatic N) is 1. The molecule has 0 spiro atoms. The van der Waals surface area contributed by atoms with Crippen LogP contribution in [-0.4, -0.2) is 19.0 Å². The zero-order valence-electron chi connectivity index (χ0n) is 16.1. The van der Waals surface area contributed by atoms with Gasteiger partial charge in [0.05, 0.1) is 7.11 Å². The lowest BCUT2D eigenvalue weighted by Crippen LogP contribution is -2.23. The first kappa shape index (κ1) is 20.8. The highest BCUT2D eigenvalue weighted by atomic mass is 32.1. The van der Waals surface area contributed by atoms with Crippen molar-refractivity contribution in [3.63, 3.8) is 0 Å². The highest BCUT2D eigenvalue weighted by Crippen LogP contribution is 2.30. The van der Waals surface area contributed by atoms with E-state index in [0.717, 1.165) is 5.56 Å². The fourth-order valence-electron chi connectivity index (χ4n) is 2.59. The molecule has 1 amide bonds. The van der Waals surface area contributed by atoms with E-state index in [1.165, 1.54) is 24.5 Å². The van der Waals surface area contributed by atoms with E-state index in [-0.39, 0.29) is 11.3 Å². The van der Waals surface area contributed by atoms with Gasteiger partial charge in [-0.05, 0) is 40.8 Å². The second-order valence-electron chi connectivity index (χ2n) is 6.12. The van der Waals surface area contributed by atoms with Crippen molar-refractivity contribution in [2.45, 2.75) is 6.54 Å². The number of thiophene rings is 1. The van der Waals surface area contributed by atoms with Gasteiger partial charge in [-0.15, -0.1) is 11.3 Å². The Morgan fingerprint density at radius 1 is 1.10 bits per heavy atom. The molecule has 0 bridgehead atoms. The van der Waals surface area contributed by atoms with Crippen molar-refractivity contribution in [1.82, 2.24) is 5.32 Å². The second-order valence-corrected chi connectivity index (χ2v) is 7.06. The Labute approximate surface area is 178 Å². The zero-order chi connectivity index (χ0) is 21.3. The van der Waals surface area contributed by atoms with Gasteiger partial charge in [-0.25, -0.2) is 4.79 Å². The number of carbonyl (C=O) groups excluding carboxylic acids is 2. The first-order chi connectivity index (χ1) is 14.6. The molecule has 0 saturated heterocycles. The van der Waals surface area contributed by atoms with E-state index in [9.17, 15) is 14.9 Å². The maximum Gasteiger partial charge on any atom is 0.353 e. The molecule has 0 saturated carbocycles. The van der Waals surface area contributed by atoms with Gasteiger partial charge in [0.1, 0.15) is 16.5 Å². The van der Waals surface area contributed by atoms with Crippen LogP contribution in [-0.2, 0) is 11.3 Å². The number of hydrogen-bond donors (Lipinski definition) is 1. The summed E-state index contributed by atoms with van der Waals surface area (Å²) in [6.07, 6.45) is 1.45. The van der Waals surface area contributed by atoms with Crippen molar-refractivity contribution in [2.24, 2.45) is 0 Å². The third-order valence-electron chi connectivity index (χ3n) is 4.08. The number of benzene rings is 2. The first-order valence-corrected chi connectivity index (χ1v) is 9.86. The molecule has 2 aromatic carbocycles. The molecule has 0 fully saturated rings. The molecule has 3 rings (SSSR count). The number of esters is 1. The van der Waals surface area contributed by atoms with Crippen molar-refractivity contribution < 1.29 is 19.1 Å². The Morgan fingerprint density at radius 2 is 1.90 bits per heavy atom. The van der Waals surface area contributed by atoms with E-state index < -0.39 is 11.9 Å². The van der Waals surface area contributed by atoms with Gasteiger partial charge in [0.15, 0.2) is 11.5 Å². The lowest BCUT2D eigenvalue weighted by Gasteiger charge is -2.10. The minimum Gasteiger partial charge on any atom is -0.493 e. The molecule has 6 nitrogen and oxygen atoms in total. The maximum atomic E-state index is 12.3. The van der Waals surface area contributed by atoms with E-state index in [4.69, 9.17) is 9.47 Å². The van der Waals surface area contributed by atoms with E-state index >= 15 is 0 Å². The standard InChI is InChI=1S/C23H18N2O4S/c1-28-20-13-17(9-10-19(20)29-23(27)21-8-5-11-30-21)12-18(14-24)22(26)25-15-16-6-3-2-4-7-16/h2-13H,15H2,1H3,(H,25,26). The molecule has 7 heteroatoms. The van der Waals surface area contributed by atoms with Crippen LogP contribution in [0.1, 0.15) is 20.8 Å². The van der Waals surface area contributed by atoms with Gasteiger partial charge < -0.3 is 14.8 Å². The monoisotopic (exact) mass is 418 g/mol. The van der Waals surface area contributed by atoms with E-state index in [1.54, 1.807) is 35.7 Å². The van der Waals surface area contributed by atoms with Crippen molar-refractivity contribution in [1.29, 1.82) is 5.26 Å². The van der Waals surface area contributed by atoms with Gasteiger partial charge in [0, 0.05) is 6.54 Å². The number of methoxy groups -OCH3 is 1. The minimum atomic E-state index is -0.482. The Bertz CT molecular complexity index is 1100. The Kier molecular flexibility index (Phi) is 6.98. The summed E-state index contributed by atoms with van der Waals surface area (Å²) in [4.78, 5) is 25.0. The summed E-state index contributed by atoms with van der Waals surface area (Å²) in [6, 6.07) is 19.6. The number of amides is 1. The molecule has 3 aromatic rings. The molecular weight excluding hydrogens is 400 g/mol. The minimum absolute atomic E-state index is 0.0451. The third-order valence-corrected chi connectivity index (χ3v) is 4.93. The number of rotatable bonds is 7. The molecule has 0 unspecified atom stereocenters. The summed E-state index contributed by atoms with van der Waals surface area (Å²) < 4.78 is 10.7. The van der Waals surface area contributed by atoms with Gasteiger partial charge in [0.25, 0.3) is 5.91 Å². The normalized spacial score (nSPS) is 10.7. The number of carbonyl (C=O) groups is 2. The van der Waals surface area contributed by atoms with Crippen LogP contribution in [0.3, 0.4) is 0 Å². The van der Waals surface area contributed by atoms with E-state index in [2.05, 4.69) is 5.32 Å². The summed E-state index contributed by atoms with van der Waals surface area (Å²) in [5.41, 5.74) is 1.45. The Hall–Kier alpha value is -3.89. The molecule has 1 heterocycles. The Balaban J connectivity index is 1.73. The van der Waals surface area contributed by atoms with Crippen LogP contribution in [0, 0.1) is 11.3 Å². The lowest BCUT2D eigenvalue weighted by atomic mass is 10.1. The highest BCUT2D eigenvalue weighted by Gasteiger charge is 2.14. The summed E-state index contributed by atoms with van der Waals surface area (Å²) in [6.45, 7) is 0.319. The lowest BCUT2D eigenvalue weighted by molar-refractivity contribution is -0.117. The number of hydrogen-bond acceptors (Lipinski definition) is 6. The molecule has 0 radical (unpaired) electrons. The van der Waals surface area contributed by atoms with Crippen LogP contribution in [0.15, 0.2) is 71.6 Å². The van der Waals surface area contributed by atoms with Gasteiger partial charge in [0.2, 0.25) is 0 Å². The second kappa shape index (κ2) is 10.0. The van der Waals surface area contributed by atoms with Crippen LogP contribution < -0.4 is 14.8 Å². The zero-order valence-corrected chi connectivity index (χ0v) is 16.9. The summed E-state index contributed by atoms with van der Waals surface area (Å²) >= 11 is 1.28. The molecular formula is C23H18N2O4S. The average molecular weight is 418 g/mol. The topological polar surface area (TPSA) is 88.4 Å². The summed E-state index contributed by atoms with van der Waals surface area (Å²) in [7, 11) is 1.45. The molecule has 30 heavy (non-hydrogen) atoms. The van der Waals surface area contributed by atoms with Gasteiger partial charge in [-0.1, -0.05) is 42.5 Å². The highest BCUT2D eigenvalue weighted by molar-refractivity contribution is 7.12. The molecule has 0 atom stereocenters. The largest absolute Gasteiger partial charge is 0.493 e. The number of nitriles is 1. The molecule has 1 aromatic heterocycles. The molecule has 0 aliphatic heterocycles.